The third-order valence-electron chi connectivity index (χ3n) is 5.92. The Labute approximate surface area is 164 Å². The van der Waals surface area contributed by atoms with E-state index in [4.69, 9.17) is 0 Å². The lowest BCUT2D eigenvalue weighted by Crippen LogP contribution is -2.61. The van der Waals surface area contributed by atoms with Crippen LogP contribution in [0.25, 0.3) is 0 Å². The van der Waals surface area contributed by atoms with E-state index in [9.17, 15) is 14.7 Å². The third kappa shape index (κ3) is 3.35. The monoisotopic (exact) mass is 379 g/mol. The van der Waals surface area contributed by atoms with Gasteiger partial charge in [0.1, 0.15) is 11.3 Å². The summed E-state index contributed by atoms with van der Waals surface area (Å²) in [6.07, 6.45) is 6.67. The van der Waals surface area contributed by atoms with Crippen molar-refractivity contribution in [2.45, 2.75) is 37.6 Å². The number of pyridine rings is 1. The summed E-state index contributed by atoms with van der Waals surface area (Å²) in [5.41, 5.74) is 0.785. The molecule has 0 aliphatic carbocycles. The largest absolute Gasteiger partial charge is 0.506 e. The number of rotatable bonds is 4. The normalized spacial score (nSPS) is 22.1. The van der Waals surface area contributed by atoms with Crippen molar-refractivity contribution in [2.24, 2.45) is 0 Å². The van der Waals surface area contributed by atoms with Crippen molar-refractivity contribution in [2.75, 3.05) is 19.6 Å². The van der Waals surface area contributed by atoms with Gasteiger partial charge >= 0.3 is 0 Å². The van der Waals surface area contributed by atoms with E-state index in [1.807, 2.05) is 23.1 Å². The molecule has 2 aliphatic heterocycles. The number of likely N-dealkylation sites (tertiary alicyclic amines) is 2. The molecule has 1 aromatic carbocycles. The summed E-state index contributed by atoms with van der Waals surface area (Å²) in [6.45, 7) is 1.97. The number of piperidine rings is 1. The zero-order valence-electron chi connectivity index (χ0n) is 15.9. The first kappa shape index (κ1) is 18.5. The number of amides is 2. The summed E-state index contributed by atoms with van der Waals surface area (Å²) in [5.74, 6) is -0.202. The van der Waals surface area contributed by atoms with E-state index >= 15 is 0 Å². The molecular formula is C22H25N3O3. The lowest BCUT2D eigenvalue weighted by Gasteiger charge is -2.44. The van der Waals surface area contributed by atoms with Crippen molar-refractivity contribution in [3.8, 4) is 5.75 Å². The van der Waals surface area contributed by atoms with E-state index in [-0.39, 0.29) is 17.6 Å². The van der Waals surface area contributed by atoms with Crippen molar-refractivity contribution >= 4 is 11.8 Å². The average Bonchev–Trinajstić information content (AvgIpc) is 3.14. The molecule has 2 fully saturated rings. The maximum atomic E-state index is 13.5. The van der Waals surface area contributed by atoms with Crippen LogP contribution in [0.2, 0.25) is 0 Å². The smallest absolute Gasteiger partial charge is 0.256 e. The number of hydrogen-bond acceptors (Lipinski definition) is 4. The van der Waals surface area contributed by atoms with E-state index in [0.717, 1.165) is 25.8 Å². The first-order chi connectivity index (χ1) is 13.6. The van der Waals surface area contributed by atoms with Crippen LogP contribution in [0.15, 0.2) is 48.8 Å². The van der Waals surface area contributed by atoms with Gasteiger partial charge in [-0.2, -0.15) is 0 Å². The Kier molecular flexibility index (Phi) is 5.03. The van der Waals surface area contributed by atoms with Gasteiger partial charge in [-0.25, -0.2) is 0 Å². The lowest BCUT2D eigenvalue weighted by molar-refractivity contribution is -0.145. The van der Waals surface area contributed by atoms with Crippen LogP contribution in [0.4, 0.5) is 0 Å². The number of aromatic hydroxyl groups is 1. The SMILES string of the molecule is O=C(c1cncc(O)c1)N1CCCC12CCCN(CCc1ccccc1)C2=O. The van der Waals surface area contributed by atoms with E-state index in [1.54, 1.807) is 4.90 Å². The van der Waals surface area contributed by atoms with Gasteiger partial charge < -0.3 is 14.9 Å². The molecule has 146 valence electrons. The molecule has 6 nitrogen and oxygen atoms in total. The van der Waals surface area contributed by atoms with Crippen molar-refractivity contribution < 1.29 is 14.7 Å². The highest BCUT2D eigenvalue weighted by Gasteiger charge is 2.52. The zero-order chi connectivity index (χ0) is 19.6. The molecule has 0 bridgehead atoms. The summed E-state index contributed by atoms with van der Waals surface area (Å²) in [5, 5.41) is 9.67. The molecule has 2 amide bonds. The molecule has 1 N–H and O–H groups in total. The number of nitrogens with zero attached hydrogens (tertiary/aromatic N) is 3. The van der Waals surface area contributed by atoms with Gasteiger partial charge in [0.25, 0.3) is 5.91 Å². The number of benzene rings is 1. The van der Waals surface area contributed by atoms with Crippen LogP contribution in [-0.4, -0.2) is 56.9 Å². The van der Waals surface area contributed by atoms with Crippen LogP contribution in [-0.2, 0) is 11.2 Å². The Hall–Kier alpha value is -2.89. The molecule has 1 aromatic heterocycles. The van der Waals surface area contributed by atoms with Crippen molar-refractivity contribution in [1.82, 2.24) is 14.8 Å². The van der Waals surface area contributed by atoms with Crippen molar-refractivity contribution in [3.63, 3.8) is 0 Å². The van der Waals surface area contributed by atoms with Gasteiger partial charge in [0.05, 0.1) is 11.8 Å². The Morgan fingerprint density at radius 1 is 1.11 bits per heavy atom. The fourth-order valence-corrected chi connectivity index (χ4v) is 4.54. The molecule has 1 unspecified atom stereocenters. The number of hydrogen-bond donors (Lipinski definition) is 1. The molecular weight excluding hydrogens is 354 g/mol. The Bertz CT molecular complexity index is 870. The minimum absolute atomic E-state index is 0.0430. The van der Waals surface area contributed by atoms with Gasteiger partial charge in [-0.05, 0) is 43.7 Å². The van der Waals surface area contributed by atoms with Gasteiger partial charge in [-0.15, -0.1) is 0 Å². The topological polar surface area (TPSA) is 73.7 Å². The summed E-state index contributed by atoms with van der Waals surface area (Å²) in [4.78, 5) is 34.1. The molecule has 1 spiro atoms. The summed E-state index contributed by atoms with van der Waals surface area (Å²) >= 11 is 0. The number of aromatic nitrogens is 1. The molecule has 2 aromatic rings. The van der Waals surface area contributed by atoms with Gasteiger partial charge in [-0.3, -0.25) is 14.6 Å². The second-order valence-corrected chi connectivity index (χ2v) is 7.66. The predicted octanol–water partition coefficient (Wildman–Crippen LogP) is 2.63. The molecule has 28 heavy (non-hydrogen) atoms. The summed E-state index contributed by atoms with van der Waals surface area (Å²) < 4.78 is 0. The second-order valence-electron chi connectivity index (χ2n) is 7.66. The minimum atomic E-state index is -0.752. The van der Waals surface area contributed by atoms with Crippen molar-refractivity contribution in [3.05, 3.63) is 59.9 Å². The van der Waals surface area contributed by atoms with E-state index < -0.39 is 5.54 Å². The van der Waals surface area contributed by atoms with Crippen LogP contribution < -0.4 is 0 Å². The molecule has 3 heterocycles. The highest BCUT2D eigenvalue weighted by atomic mass is 16.3. The molecule has 6 heteroatoms. The highest BCUT2D eigenvalue weighted by Crippen LogP contribution is 2.39. The number of carbonyl (C=O) groups excluding carboxylic acids is 2. The summed E-state index contributed by atoms with van der Waals surface area (Å²) in [6, 6.07) is 11.6. The quantitative estimate of drug-likeness (QED) is 0.886. The first-order valence-electron chi connectivity index (χ1n) is 9.89. The molecule has 0 saturated carbocycles. The predicted molar refractivity (Wildman–Crippen MR) is 105 cm³/mol. The molecule has 2 aliphatic rings. The fraction of sp³-hybridized carbons (Fsp3) is 0.409. The van der Waals surface area contributed by atoms with Gasteiger partial charge in [0.15, 0.2) is 0 Å². The molecule has 4 rings (SSSR count). The average molecular weight is 379 g/mol. The lowest BCUT2D eigenvalue weighted by atomic mass is 9.85. The fourth-order valence-electron chi connectivity index (χ4n) is 4.54. The van der Waals surface area contributed by atoms with Gasteiger partial charge in [0.2, 0.25) is 5.91 Å². The minimum Gasteiger partial charge on any atom is -0.506 e. The molecule has 0 radical (unpaired) electrons. The van der Waals surface area contributed by atoms with Gasteiger partial charge in [0, 0.05) is 25.8 Å². The van der Waals surface area contributed by atoms with E-state index in [2.05, 4.69) is 17.1 Å². The second kappa shape index (κ2) is 7.62. The van der Waals surface area contributed by atoms with Gasteiger partial charge in [-0.1, -0.05) is 30.3 Å². The molecule has 2 saturated heterocycles. The zero-order valence-corrected chi connectivity index (χ0v) is 15.9. The van der Waals surface area contributed by atoms with Crippen LogP contribution in [0, 0.1) is 0 Å². The van der Waals surface area contributed by atoms with Crippen LogP contribution in [0.1, 0.15) is 41.6 Å². The Morgan fingerprint density at radius 2 is 1.86 bits per heavy atom. The molecule has 1 atom stereocenters. The van der Waals surface area contributed by atoms with E-state index in [1.165, 1.54) is 24.0 Å². The van der Waals surface area contributed by atoms with Crippen LogP contribution in [0.5, 0.6) is 5.75 Å². The highest BCUT2D eigenvalue weighted by molar-refractivity contribution is 6.00. The Morgan fingerprint density at radius 3 is 2.61 bits per heavy atom. The number of carbonyl (C=O) groups is 2. The Balaban J connectivity index is 1.53. The third-order valence-corrected chi connectivity index (χ3v) is 5.92. The van der Waals surface area contributed by atoms with Crippen molar-refractivity contribution in [1.29, 1.82) is 0 Å². The van der Waals surface area contributed by atoms with Crippen LogP contribution in [0.3, 0.4) is 0 Å². The maximum Gasteiger partial charge on any atom is 0.256 e. The summed E-state index contributed by atoms with van der Waals surface area (Å²) in [7, 11) is 0. The first-order valence-corrected chi connectivity index (χ1v) is 9.89. The maximum absolute atomic E-state index is 13.5. The van der Waals surface area contributed by atoms with Crippen LogP contribution >= 0.6 is 0 Å². The standard InChI is InChI=1S/C22H25N3O3/c26-19-14-18(15-23-16-19)20(27)25-12-5-10-22(25)9-4-11-24(21(22)28)13-8-17-6-2-1-3-7-17/h1-3,6-7,14-16,26H,4-5,8-13H2. The van der Waals surface area contributed by atoms with E-state index in [0.29, 0.717) is 31.5 Å².